The highest BCUT2D eigenvalue weighted by Gasteiger charge is 2.71. The zero-order valence-electron chi connectivity index (χ0n) is 21.9. The molecule has 7 nitrogen and oxygen atoms in total. The Hall–Kier alpha value is -2.93. The molecule has 0 fully saturated rings. The van der Waals surface area contributed by atoms with E-state index in [1.165, 1.54) is 6.07 Å². The fraction of sp³-hybridized carbons (Fsp3) is 0.552. The molecule has 0 saturated heterocycles. The summed E-state index contributed by atoms with van der Waals surface area (Å²) in [7, 11) is 0. The van der Waals surface area contributed by atoms with Crippen LogP contribution in [-0.2, 0) is 22.4 Å². The maximum absolute atomic E-state index is 13.9. The zero-order chi connectivity index (χ0) is 27.0. The molecule has 4 N–H and O–H groups in total. The van der Waals surface area contributed by atoms with Crippen LogP contribution in [0.2, 0.25) is 0 Å². The first kappa shape index (κ1) is 26.1. The minimum absolute atomic E-state index is 0.0867. The van der Waals surface area contributed by atoms with Gasteiger partial charge in [-0.25, -0.2) is 0 Å². The van der Waals surface area contributed by atoms with Crippen molar-refractivity contribution in [3.63, 3.8) is 0 Å². The molecule has 0 spiro atoms. The Bertz CT molecular complexity index is 1250. The number of Topliss-reactive ketones (excluding diaryl/α,β-unsaturated/α-hetero) is 3. The third kappa shape index (κ3) is 3.17. The Morgan fingerprint density at radius 1 is 1.14 bits per heavy atom. The lowest BCUT2D eigenvalue weighted by atomic mass is 9.44. The van der Waals surface area contributed by atoms with Crippen molar-refractivity contribution in [1.82, 2.24) is 0 Å². The molecule has 0 heterocycles. The van der Waals surface area contributed by atoms with Gasteiger partial charge in [0.25, 0.3) is 0 Å². The molecule has 194 valence electrons. The van der Waals surface area contributed by atoms with E-state index in [9.17, 15) is 34.8 Å². The van der Waals surface area contributed by atoms with Crippen molar-refractivity contribution in [1.29, 1.82) is 0 Å². The average molecular weight is 497 g/mol. The fourth-order valence-electron chi connectivity index (χ4n) is 7.40. The van der Waals surface area contributed by atoms with Gasteiger partial charge in [-0.1, -0.05) is 47.1 Å². The predicted octanol–water partition coefficient (Wildman–Crippen LogP) is 4.69. The second-order valence-corrected chi connectivity index (χ2v) is 11.7. The summed E-state index contributed by atoms with van der Waals surface area (Å²) in [4.78, 5) is 40.0. The monoisotopic (exact) mass is 496 g/mol. The molecule has 1 aromatic carbocycles. The van der Waals surface area contributed by atoms with Crippen molar-refractivity contribution >= 4 is 17.3 Å². The van der Waals surface area contributed by atoms with Crippen LogP contribution >= 0.6 is 0 Å². The van der Waals surface area contributed by atoms with Gasteiger partial charge in [0.15, 0.2) is 17.2 Å². The van der Waals surface area contributed by atoms with Crippen molar-refractivity contribution < 1.29 is 34.8 Å². The van der Waals surface area contributed by atoms with Crippen molar-refractivity contribution in [2.24, 2.45) is 22.7 Å². The molecular formula is C29H36O7. The lowest BCUT2D eigenvalue weighted by Crippen LogP contribution is -2.67. The number of carbonyl (C=O) groups is 3. The molecule has 0 saturated carbocycles. The minimum atomic E-state index is -2.58. The summed E-state index contributed by atoms with van der Waals surface area (Å²) < 4.78 is 0. The van der Waals surface area contributed by atoms with Gasteiger partial charge in [0.1, 0.15) is 22.8 Å². The number of aliphatic hydroxyl groups is 3. The summed E-state index contributed by atoms with van der Waals surface area (Å²) in [6, 6.07) is 3.30. The number of rotatable bonds is 5. The minimum Gasteiger partial charge on any atom is -0.511 e. The second-order valence-electron chi connectivity index (χ2n) is 11.7. The van der Waals surface area contributed by atoms with Gasteiger partial charge < -0.3 is 20.4 Å². The Balaban J connectivity index is 2.04. The summed E-state index contributed by atoms with van der Waals surface area (Å²) in [5, 5.41) is 45.5. The van der Waals surface area contributed by atoms with Crippen molar-refractivity contribution in [3.8, 4) is 5.75 Å². The Morgan fingerprint density at radius 3 is 2.33 bits per heavy atom. The molecular weight excluding hydrogens is 460 g/mol. The maximum atomic E-state index is 13.9. The molecule has 4 atom stereocenters. The zero-order valence-corrected chi connectivity index (χ0v) is 21.9. The topological polar surface area (TPSA) is 132 Å². The Labute approximate surface area is 211 Å². The van der Waals surface area contributed by atoms with E-state index in [2.05, 4.69) is 6.92 Å². The highest BCUT2D eigenvalue weighted by Crippen LogP contribution is 2.65. The summed E-state index contributed by atoms with van der Waals surface area (Å²) in [5.74, 6) is -4.93. The molecule has 7 heteroatoms. The van der Waals surface area contributed by atoms with Crippen LogP contribution in [0.15, 0.2) is 34.8 Å². The van der Waals surface area contributed by atoms with Crippen LogP contribution in [0.3, 0.4) is 0 Å². The lowest BCUT2D eigenvalue weighted by Gasteiger charge is -2.59. The molecule has 36 heavy (non-hydrogen) atoms. The number of benzene rings is 1. The van der Waals surface area contributed by atoms with Crippen molar-refractivity contribution in [2.45, 2.75) is 79.2 Å². The predicted molar refractivity (Wildman–Crippen MR) is 134 cm³/mol. The molecule has 1 unspecified atom stereocenters. The first-order chi connectivity index (χ1) is 16.7. The van der Waals surface area contributed by atoms with Crippen molar-refractivity contribution in [3.05, 3.63) is 51.5 Å². The first-order valence-corrected chi connectivity index (χ1v) is 12.7. The molecule has 3 aliphatic rings. The van der Waals surface area contributed by atoms with Gasteiger partial charge in [0, 0.05) is 22.3 Å². The molecule has 0 aromatic heterocycles. The van der Waals surface area contributed by atoms with Crippen LogP contribution in [0.4, 0.5) is 0 Å². The van der Waals surface area contributed by atoms with E-state index in [0.29, 0.717) is 12.0 Å². The number of hydrogen-bond donors (Lipinski definition) is 4. The first-order valence-electron chi connectivity index (χ1n) is 12.7. The SMILES string of the molecule is CCCCc1ccc(O)c2c1C[C@]1(C)C[C@]3(C)C(C(C)C)C(O)=C(C(C)=O)C(=O)[C@]3(O)C(O)=C1C2=O. The smallest absolute Gasteiger partial charge is 0.209 e. The number of phenolic OH excluding ortho intramolecular Hbond substituents is 1. The third-order valence-electron chi connectivity index (χ3n) is 8.79. The normalized spacial score (nSPS) is 31.9. The maximum Gasteiger partial charge on any atom is 0.209 e. The van der Waals surface area contributed by atoms with Crippen LogP contribution in [0.25, 0.3) is 0 Å². The molecule has 0 aliphatic heterocycles. The van der Waals surface area contributed by atoms with E-state index in [1.54, 1.807) is 6.92 Å². The van der Waals surface area contributed by atoms with Crippen LogP contribution in [0.1, 0.15) is 82.3 Å². The van der Waals surface area contributed by atoms with E-state index < -0.39 is 51.0 Å². The highest BCUT2D eigenvalue weighted by atomic mass is 16.3. The van der Waals surface area contributed by atoms with Gasteiger partial charge in [-0.2, -0.15) is 0 Å². The van der Waals surface area contributed by atoms with Crippen molar-refractivity contribution in [2.75, 3.05) is 0 Å². The summed E-state index contributed by atoms with van der Waals surface area (Å²) in [6.07, 6.45) is 3.01. The molecule has 4 rings (SSSR count). The van der Waals surface area contributed by atoms with Crippen LogP contribution < -0.4 is 0 Å². The largest absolute Gasteiger partial charge is 0.511 e. The van der Waals surface area contributed by atoms with E-state index in [0.717, 1.165) is 31.7 Å². The second kappa shape index (κ2) is 8.30. The Morgan fingerprint density at radius 2 is 1.78 bits per heavy atom. The number of fused-ring (bicyclic) bond motifs is 3. The molecule has 0 bridgehead atoms. The molecule has 0 radical (unpaired) electrons. The molecule has 3 aliphatic carbocycles. The summed E-state index contributed by atoms with van der Waals surface area (Å²) in [5.41, 5.74) is -3.86. The quantitative estimate of drug-likeness (QED) is 0.435. The number of phenols is 1. The number of aromatic hydroxyl groups is 1. The average Bonchev–Trinajstić information content (AvgIpc) is 2.75. The van der Waals surface area contributed by atoms with E-state index in [4.69, 9.17) is 0 Å². The standard InChI is InChI=1S/C29H36O7/c1-7-8-9-16-10-11-18(31)20-17(16)12-27(5)13-28(6)21(14(2)3)23(32)19(15(4)30)25(34)29(28,36)26(35)22(27)24(20)33/h10-11,14,21,31-32,35-36H,7-9,12-13H2,1-6H3/t21?,27-,28-,29+/m1/s1. The molecule has 1 aromatic rings. The number of allylic oxidation sites excluding steroid dienone is 2. The lowest BCUT2D eigenvalue weighted by molar-refractivity contribution is -0.171. The van der Waals surface area contributed by atoms with Gasteiger partial charge in [0.05, 0.1) is 5.56 Å². The highest BCUT2D eigenvalue weighted by molar-refractivity contribution is 6.25. The number of unbranched alkanes of at least 4 members (excludes halogenated alkanes) is 1. The van der Waals surface area contributed by atoms with E-state index in [-0.39, 0.29) is 35.0 Å². The number of aryl methyl sites for hydroxylation is 1. The summed E-state index contributed by atoms with van der Waals surface area (Å²) >= 11 is 0. The van der Waals surface area contributed by atoms with Crippen LogP contribution in [0.5, 0.6) is 5.75 Å². The fourth-order valence-corrected chi connectivity index (χ4v) is 7.40. The number of hydrogen-bond acceptors (Lipinski definition) is 7. The number of carbonyl (C=O) groups excluding carboxylic acids is 3. The van der Waals surface area contributed by atoms with Gasteiger partial charge in [-0.15, -0.1) is 0 Å². The van der Waals surface area contributed by atoms with E-state index >= 15 is 0 Å². The van der Waals surface area contributed by atoms with E-state index in [1.807, 2.05) is 26.8 Å². The summed E-state index contributed by atoms with van der Waals surface area (Å²) in [6.45, 7) is 10.3. The van der Waals surface area contributed by atoms with Crippen LogP contribution in [-0.4, -0.2) is 43.4 Å². The van der Waals surface area contributed by atoms with Gasteiger partial charge in [-0.3, -0.25) is 14.4 Å². The molecule has 0 amide bonds. The number of aliphatic hydroxyl groups excluding tert-OH is 2. The van der Waals surface area contributed by atoms with Gasteiger partial charge in [-0.05, 0) is 55.7 Å². The Kier molecular flexibility index (Phi) is 6.03. The van der Waals surface area contributed by atoms with Gasteiger partial charge >= 0.3 is 0 Å². The third-order valence-corrected chi connectivity index (χ3v) is 8.79. The van der Waals surface area contributed by atoms with Gasteiger partial charge in [0.2, 0.25) is 5.78 Å². The number of ketones is 3. The van der Waals surface area contributed by atoms with Crippen LogP contribution in [0, 0.1) is 22.7 Å².